The smallest absolute Gasteiger partial charge is 0.157 e. The molecule has 126 valence electrons. The van der Waals surface area contributed by atoms with Gasteiger partial charge in [-0.1, -0.05) is 55.9 Å². The van der Waals surface area contributed by atoms with Crippen LogP contribution >= 0.6 is 12.2 Å². The molecule has 1 aromatic carbocycles. The Kier molecular flexibility index (Phi) is 8.29. The van der Waals surface area contributed by atoms with Crippen molar-refractivity contribution in [3.8, 4) is 0 Å². The van der Waals surface area contributed by atoms with Crippen LogP contribution in [0, 0.1) is 0 Å². The van der Waals surface area contributed by atoms with Gasteiger partial charge in [0, 0.05) is 12.3 Å². The number of hydrogen-bond donors (Lipinski definition) is 1. The monoisotopic (exact) mass is 333 g/mol. The summed E-state index contributed by atoms with van der Waals surface area (Å²) in [5.41, 5.74) is 2.18. The van der Waals surface area contributed by atoms with Crippen LogP contribution in [0.1, 0.15) is 51.0 Å². The Labute approximate surface area is 145 Å². The van der Waals surface area contributed by atoms with E-state index in [1.54, 1.807) is 0 Å². The van der Waals surface area contributed by atoms with Crippen LogP contribution in [0.2, 0.25) is 0 Å². The van der Waals surface area contributed by atoms with Gasteiger partial charge in [-0.3, -0.25) is 0 Å². The standard InChI is InChI=1S/C19H27NO2S/c1-2-3-12-18(23)20-17-11-5-4-9-16(17)10-8-15-22-19-13-6-7-14-21-19/h4-5,8-11,19H,2-3,6-7,12-15H2,1H3,(H,20,23)/b10-8+. The lowest BCUT2D eigenvalue weighted by Gasteiger charge is -2.21. The molecule has 1 N–H and O–H groups in total. The molecule has 2 rings (SSSR count). The van der Waals surface area contributed by atoms with Crippen molar-refractivity contribution in [2.75, 3.05) is 18.5 Å². The predicted octanol–water partition coefficient (Wildman–Crippen LogP) is 5.17. The molecule has 1 aromatic rings. The highest BCUT2D eigenvalue weighted by Crippen LogP contribution is 2.18. The summed E-state index contributed by atoms with van der Waals surface area (Å²) >= 11 is 5.41. The predicted molar refractivity (Wildman–Crippen MR) is 101 cm³/mol. The SMILES string of the molecule is CCCCC(=S)Nc1ccccc1/C=C/COC1CCCCO1. The Morgan fingerprint density at radius 2 is 2.26 bits per heavy atom. The van der Waals surface area contributed by atoms with Gasteiger partial charge in [-0.05, 0) is 43.7 Å². The third-order valence-corrected chi connectivity index (χ3v) is 4.11. The molecule has 0 bridgehead atoms. The molecule has 4 heteroatoms. The molecule has 0 saturated carbocycles. The fourth-order valence-electron chi connectivity index (χ4n) is 2.49. The maximum atomic E-state index is 5.72. The van der Waals surface area contributed by atoms with Crippen molar-refractivity contribution in [1.29, 1.82) is 0 Å². The molecule has 23 heavy (non-hydrogen) atoms. The lowest BCUT2D eigenvalue weighted by atomic mass is 10.1. The van der Waals surface area contributed by atoms with E-state index >= 15 is 0 Å². The van der Waals surface area contributed by atoms with E-state index in [4.69, 9.17) is 21.7 Å². The van der Waals surface area contributed by atoms with Crippen molar-refractivity contribution in [2.45, 2.75) is 51.7 Å². The highest BCUT2D eigenvalue weighted by molar-refractivity contribution is 7.80. The second kappa shape index (κ2) is 10.5. The quantitative estimate of drug-likeness (QED) is 0.665. The summed E-state index contributed by atoms with van der Waals surface area (Å²) in [7, 11) is 0. The molecule has 3 nitrogen and oxygen atoms in total. The Balaban J connectivity index is 1.83. The number of anilines is 1. The van der Waals surface area contributed by atoms with Crippen LogP contribution in [0.4, 0.5) is 5.69 Å². The minimum absolute atomic E-state index is 0.0385. The van der Waals surface area contributed by atoms with Crippen molar-refractivity contribution in [1.82, 2.24) is 0 Å². The van der Waals surface area contributed by atoms with Gasteiger partial charge in [-0.25, -0.2) is 0 Å². The van der Waals surface area contributed by atoms with E-state index < -0.39 is 0 Å². The summed E-state index contributed by atoms with van der Waals surface area (Å²) < 4.78 is 11.3. The molecule has 1 saturated heterocycles. The van der Waals surface area contributed by atoms with Gasteiger partial charge in [0.15, 0.2) is 6.29 Å². The fraction of sp³-hybridized carbons (Fsp3) is 0.526. The molecule has 1 atom stereocenters. The van der Waals surface area contributed by atoms with Crippen molar-refractivity contribution in [3.63, 3.8) is 0 Å². The number of para-hydroxylation sites is 1. The first-order chi connectivity index (χ1) is 11.3. The number of thiocarbonyl (C=S) groups is 1. The van der Waals surface area contributed by atoms with Crippen molar-refractivity contribution >= 4 is 29.0 Å². The van der Waals surface area contributed by atoms with E-state index in [-0.39, 0.29) is 6.29 Å². The molecule has 1 aliphatic rings. The summed E-state index contributed by atoms with van der Waals surface area (Å²) in [5.74, 6) is 0. The van der Waals surface area contributed by atoms with Gasteiger partial charge in [-0.2, -0.15) is 0 Å². The molecule has 0 amide bonds. The van der Waals surface area contributed by atoms with Crippen molar-refractivity contribution < 1.29 is 9.47 Å². The number of unbranched alkanes of at least 4 members (excludes halogenated alkanes) is 1. The first-order valence-electron chi connectivity index (χ1n) is 8.58. The zero-order chi connectivity index (χ0) is 16.3. The van der Waals surface area contributed by atoms with Crippen LogP contribution in [0.5, 0.6) is 0 Å². The van der Waals surface area contributed by atoms with E-state index in [0.717, 1.165) is 55.0 Å². The third kappa shape index (κ3) is 6.81. The first kappa shape index (κ1) is 18.1. The molecule has 1 fully saturated rings. The minimum atomic E-state index is -0.0385. The Bertz CT molecular complexity index is 510. The molecule has 0 spiro atoms. The average Bonchev–Trinajstić information content (AvgIpc) is 2.59. The molecule has 1 aliphatic heterocycles. The molecular weight excluding hydrogens is 306 g/mol. The molecule has 0 aromatic heterocycles. The van der Waals surface area contributed by atoms with E-state index in [1.807, 2.05) is 18.2 Å². The van der Waals surface area contributed by atoms with Gasteiger partial charge in [0.25, 0.3) is 0 Å². The Morgan fingerprint density at radius 1 is 1.39 bits per heavy atom. The second-order valence-corrected chi connectivity index (χ2v) is 6.26. The zero-order valence-electron chi connectivity index (χ0n) is 13.9. The number of nitrogens with one attached hydrogen (secondary N) is 1. The molecule has 0 aliphatic carbocycles. The fourth-order valence-corrected chi connectivity index (χ4v) is 2.74. The highest BCUT2D eigenvalue weighted by Gasteiger charge is 2.12. The minimum Gasteiger partial charge on any atom is -0.353 e. The third-order valence-electron chi connectivity index (χ3n) is 3.81. The van der Waals surface area contributed by atoms with Gasteiger partial charge in [0.1, 0.15) is 0 Å². The summed E-state index contributed by atoms with van der Waals surface area (Å²) in [6.45, 7) is 3.56. The summed E-state index contributed by atoms with van der Waals surface area (Å²) in [5, 5.41) is 3.35. The van der Waals surface area contributed by atoms with Crippen molar-refractivity contribution in [2.24, 2.45) is 0 Å². The summed E-state index contributed by atoms with van der Waals surface area (Å²) in [6, 6.07) is 8.20. The lowest BCUT2D eigenvalue weighted by molar-refractivity contribution is -0.155. The largest absolute Gasteiger partial charge is 0.353 e. The zero-order valence-corrected chi connectivity index (χ0v) is 14.7. The van der Waals surface area contributed by atoms with E-state index in [2.05, 4.69) is 30.4 Å². The lowest BCUT2D eigenvalue weighted by Crippen LogP contribution is -2.22. The van der Waals surface area contributed by atoms with E-state index in [0.29, 0.717) is 6.61 Å². The maximum Gasteiger partial charge on any atom is 0.157 e. The highest BCUT2D eigenvalue weighted by atomic mass is 32.1. The normalized spacial score (nSPS) is 18.2. The molecule has 1 unspecified atom stereocenters. The second-order valence-electron chi connectivity index (χ2n) is 5.77. The molecule has 1 heterocycles. The van der Waals surface area contributed by atoms with Crippen LogP contribution in [0.15, 0.2) is 30.3 Å². The van der Waals surface area contributed by atoms with Crippen LogP contribution in [-0.2, 0) is 9.47 Å². The summed E-state index contributed by atoms with van der Waals surface area (Å²) in [6.07, 6.45) is 10.6. The van der Waals surface area contributed by atoms with Crippen LogP contribution in [0.25, 0.3) is 6.08 Å². The number of benzene rings is 1. The summed E-state index contributed by atoms with van der Waals surface area (Å²) in [4.78, 5) is 0.902. The Morgan fingerprint density at radius 3 is 3.04 bits per heavy atom. The molecule has 0 radical (unpaired) electrons. The van der Waals surface area contributed by atoms with Gasteiger partial charge < -0.3 is 14.8 Å². The van der Waals surface area contributed by atoms with Crippen molar-refractivity contribution in [3.05, 3.63) is 35.9 Å². The van der Waals surface area contributed by atoms with E-state index in [1.165, 1.54) is 6.42 Å². The van der Waals surface area contributed by atoms with Gasteiger partial charge in [-0.15, -0.1) is 0 Å². The van der Waals surface area contributed by atoms with Crippen LogP contribution in [0.3, 0.4) is 0 Å². The first-order valence-corrected chi connectivity index (χ1v) is 8.99. The van der Waals surface area contributed by atoms with E-state index in [9.17, 15) is 0 Å². The number of ether oxygens (including phenoxy) is 2. The van der Waals surface area contributed by atoms with Gasteiger partial charge in [0.05, 0.1) is 11.6 Å². The Hall–Kier alpha value is -1.23. The number of rotatable bonds is 8. The van der Waals surface area contributed by atoms with Gasteiger partial charge >= 0.3 is 0 Å². The maximum absolute atomic E-state index is 5.72. The number of hydrogen-bond acceptors (Lipinski definition) is 3. The topological polar surface area (TPSA) is 30.5 Å². The van der Waals surface area contributed by atoms with Crippen LogP contribution < -0.4 is 5.32 Å². The molecular formula is C19H27NO2S. The average molecular weight is 333 g/mol. The van der Waals surface area contributed by atoms with Crippen LogP contribution in [-0.4, -0.2) is 24.5 Å². The van der Waals surface area contributed by atoms with Gasteiger partial charge in [0.2, 0.25) is 0 Å².